The lowest BCUT2D eigenvalue weighted by atomic mass is 10.1. The van der Waals surface area contributed by atoms with Crippen LogP contribution < -0.4 is 0 Å². The van der Waals surface area contributed by atoms with Gasteiger partial charge in [-0.05, 0) is 59.3 Å². The van der Waals surface area contributed by atoms with Crippen LogP contribution in [0.5, 0.6) is 0 Å². The molecule has 1 unspecified atom stereocenters. The van der Waals surface area contributed by atoms with Crippen LogP contribution in [0.15, 0.2) is 40.9 Å². The van der Waals surface area contributed by atoms with Crippen molar-refractivity contribution in [1.82, 2.24) is 0 Å². The van der Waals surface area contributed by atoms with Crippen LogP contribution in [0, 0.1) is 17.5 Å². The van der Waals surface area contributed by atoms with Gasteiger partial charge < -0.3 is 4.74 Å². The highest BCUT2D eigenvalue weighted by Crippen LogP contribution is 2.20. The Hall–Kier alpha value is -2.15. The van der Waals surface area contributed by atoms with Crippen LogP contribution in [0.2, 0.25) is 0 Å². The summed E-state index contributed by atoms with van der Waals surface area (Å²) >= 11 is 3.02. The molecule has 0 amide bonds. The molecule has 120 valence electrons. The van der Waals surface area contributed by atoms with Gasteiger partial charge in [0.1, 0.15) is 5.82 Å². The van der Waals surface area contributed by atoms with Crippen LogP contribution in [0.1, 0.15) is 27.6 Å². The quantitative estimate of drug-likeness (QED) is 0.581. The summed E-state index contributed by atoms with van der Waals surface area (Å²) in [5.41, 5.74) is -0.0845. The van der Waals surface area contributed by atoms with Gasteiger partial charge in [0.25, 0.3) is 0 Å². The highest BCUT2D eigenvalue weighted by molar-refractivity contribution is 9.10. The van der Waals surface area contributed by atoms with Crippen molar-refractivity contribution in [2.24, 2.45) is 0 Å². The summed E-state index contributed by atoms with van der Waals surface area (Å²) in [6.07, 6.45) is -1.22. The molecule has 2 aromatic carbocycles. The molecule has 3 nitrogen and oxygen atoms in total. The predicted molar refractivity (Wildman–Crippen MR) is 79.7 cm³/mol. The van der Waals surface area contributed by atoms with Crippen molar-refractivity contribution in [3.05, 3.63) is 69.4 Å². The first-order valence-electron chi connectivity index (χ1n) is 6.45. The summed E-state index contributed by atoms with van der Waals surface area (Å²) in [4.78, 5) is 24.1. The fourth-order valence-electron chi connectivity index (χ4n) is 1.82. The number of hydrogen-bond acceptors (Lipinski definition) is 3. The molecule has 0 saturated heterocycles. The summed E-state index contributed by atoms with van der Waals surface area (Å²) in [6, 6.07) is 6.00. The Morgan fingerprint density at radius 3 is 2.35 bits per heavy atom. The smallest absolute Gasteiger partial charge is 0.340 e. The SMILES string of the molecule is CC(OC(=O)c1ccc(F)cc1Br)C(=O)c1ccc(F)c(F)c1. The maximum Gasteiger partial charge on any atom is 0.340 e. The third-order valence-electron chi connectivity index (χ3n) is 3.01. The second-order valence-corrected chi connectivity index (χ2v) is 5.52. The van der Waals surface area contributed by atoms with Crippen molar-refractivity contribution in [3.8, 4) is 0 Å². The van der Waals surface area contributed by atoms with E-state index in [1.807, 2.05) is 0 Å². The zero-order valence-electron chi connectivity index (χ0n) is 11.8. The average Bonchev–Trinajstić information content (AvgIpc) is 2.49. The standard InChI is InChI=1S/C16H10BrF3O3/c1-8(15(21)9-2-5-13(19)14(20)6-9)23-16(22)11-4-3-10(18)7-12(11)17/h2-8H,1H3. The lowest BCUT2D eigenvalue weighted by molar-refractivity contribution is 0.0317. The highest BCUT2D eigenvalue weighted by Gasteiger charge is 2.22. The molecule has 0 aliphatic rings. The van der Waals surface area contributed by atoms with Crippen molar-refractivity contribution in [2.45, 2.75) is 13.0 Å². The normalized spacial score (nSPS) is 11.9. The van der Waals surface area contributed by atoms with Gasteiger partial charge in [-0.15, -0.1) is 0 Å². The Labute approximate surface area is 138 Å². The molecule has 0 radical (unpaired) electrons. The van der Waals surface area contributed by atoms with Gasteiger partial charge in [0, 0.05) is 10.0 Å². The van der Waals surface area contributed by atoms with Gasteiger partial charge in [-0.1, -0.05) is 0 Å². The lowest BCUT2D eigenvalue weighted by Crippen LogP contribution is -2.24. The molecule has 2 aromatic rings. The molecule has 0 spiro atoms. The molecule has 0 aliphatic carbocycles. The number of rotatable bonds is 4. The largest absolute Gasteiger partial charge is 0.451 e. The minimum atomic E-state index is -1.22. The summed E-state index contributed by atoms with van der Waals surface area (Å²) in [6.45, 7) is 1.30. The zero-order chi connectivity index (χ0) is 17.1. The number of carbonyl (C=O) groups is 2. The van der Waals surface area contributed by atoms with E-state index in [2.05, 4.69) is 15.9 Å². The average molecular weight is 387 g/mol. The van der Waals surface area contributed by atoms with Gasteiger partial charge in [0.05, 0.1) is 5.56 Å². The van der Waals surface area contributed by atoms with Gasteiger partial charge in [-0.3, -0.25) is 4.79 Å². The number of ketones is 1. The minimum Gasteiger partial charge on any atom is -0.451 e. The Bertz CT molecular complexity index is 777. The van der Waals surface area contributed by atoms with E-state index in [9.17, 15) is 22.8 Å². The second kappa shape index (κ2) is 6.95. The fourth-order valence-corrected chi connectivity index (χ4v) is 2.33. The van der Waals surface area contributed by atoms with Crippen LogP contribution in [0.4, 0.5) is 13.2 Å². The lowest BCUT2D eigenvalue weighted by Gasteiger charge is -2.13. The van der Waals surface area contributed by atoms with E-state index in [4.69, 9.17) is 4.74 Å². The summed E-state index contributed by atoms with van der Waals surface area (Å²) in [5.74, 6) is -4.33. The van der Waals surface area contributed by atoms with E-state index in [0.29, 0.717) is 0 Å². The van der Waals surface area contributed by atoms with Gasteiger partial charge in [-0.25, -0.2) is 18.0 Å². The minimum absolute atomic E-state index is 0.0383. The third kappa shape index (κ3) is 3.98. The number of halogens is 4. The van der Waals surface area contributed by atoms with E-state index in [1.165, 1.54) is 13.0 Å². The van der Waals surface area contributed by atoms with Crippen molar-refractivity contribution in [3.63, 3.8) is 0 Å². The van der Waals surface area contributed by atoms with E-state index < -0.39 is 35.3 Å². The van der Waals surface area contributed by atoms with E-state index in [0.717, 1.165) is 30.3 Å². The second-order valence-electron chi connectivity index (χ2n) is 4.66. The van der Waals surface area contributed by atoms with Gasteiger partial charge >= 0.3 is 5.97 Å². The van der Waals surface area contributed by atoms with E-state index >= 15 is 0 Å². The van der Waals surface area contributed by atoms with E-state index in [1.54, 1.807) is 0 Å². The highest BCUT2D eigenvalue weighted by atomic mass is 79.9. The van der Waals surface area contributed by atoms with Crippen molar-refractivity contribution in [1.29, 1.82) is 0 Å². The molecule has 7 heteroatoms. The van der Waals surface area contributed by atoms with Crippen LogP contribution in [0.3, 0.4) is 0 Å². The first-order valence-corrected chi connectivity index (χ1v) is 7.24. The Kier molecular flexibility index (Phi) is 5.20. The van der Waals surface area contributed by atoms with Gasteiger partial charge in [0.15, 0.2) is 17.7 Å². The topological polar surface area (TPSA) is 43.4 Å². The monoisotopic (exact) mass is 386 g/mol. The molecule has 0 aromatic heterocycles. The number of Topliss-reactive ketones (excluding diaryl/α,β-unsaturated/α-hetero) is 1. The Morgan fingerprint density at radius 1 is 1.04 bits per heavy atom. The van der Waals surface area contributed by atoms with Crippen LogP contribution in [-0.2, 0) is 4.74 Å². The van der Waals surface area contributed by atoms with Crippen LogP contribution >= 0.6 is 15.9 Å². The van der Waals surface area contributed by atoms with Crippen molar-refractivity contribution in [2.75, 3.05) is 0 Å². The molecule has 0 saturated carbocycles. The molecule has 0 fully saturated rings. The molecule has 0 aliphatic heterocycles. The maximum atomic E-state index is 13.1. The first-order chi connectivity index (χ1) is 10.8. The number of esters is 1. The summed E-state index contributed by atoms with van der Waals surface area (Å²) in [5, 5.41) is 0. The molecule has 0 N–H and O–H groups in total. The molecule has 2 rings (SSSR count). The molecule has 1 atom stereocenters. The van der Waals surface area contributed by atoms with Crippen molar-refractivity contribution >= 4 is 27.7 Å². The van der Waals surface area contributed by atoms with Crippen LogP contribution in [-0.4, -0.2) is 17.9 Å². The molecule has 23 heavy (non-hydrogen) atoms. The van der Waals surface area contributed by atoms with Crippen LogP contribution in [0.25, 0.3) is 0 Å². The zero-order valence-corrected chi connectivity index (χ0v) is 13.4. The number of carbonyl (C=O) groups excluding carboxylic acids is 2. The first kappa shape index (κ1) is 17.2. The summed E-state index contributed by atoms with van der Waals surface area (Å²) < 4.78 is 44.2. The number of hydrogen-bond donors (Lipinski definition) is 0. The third-order valence-corrected chi connectivity index (χ3v) is 3.66. The van der Waals surface area contributed by atoms with E-state index in [-0.39, 0.29) is 15.6 Å². The predicted octanol–water partition coefficient (Wildman–Crippen LogP) is 4.29. The van der Waals surface area contributed by atoms with Crippen molar-refractivity contribution < 1.29 is 27.5 Å². The molecule has 0 bridgehead atoms. The molecule has 0 heterocycles. The Morgan fingerprint density at radius 2 is 1.74 bits per heavy atom. The maximum absolute atomic E-state index is 13.1. The Balaban J connectivity index is 2.14. The molecular formula is C16H10BrF3O3. The molecular weight excluding hydrogens is 377 g/mol. The van der Waals surface area contributed by atoms with Gasteiger partial charge in [0.2, 0.25) is 5.78 Å². The summed E-state index contributed by atoms with van der Waals surface area (Å²) in [7, 11) is 0. The number of ether oxygens (including phenoxy) is 1. The fraction of sp³-hybridized carbons (Fsp3) is 0.125. The van der Waals surface area contributed by atoms with Gasteiger partial charge in [-0.2, -0.15) is 0 Å². The number of benzene rings is 2.